The van der Waals surface area contributed by atoms with Crippen LogP contribution in [0.15, 0.2) is 66.1 Å². The number of aromatic nitrogens is 2. The van der Waals surface area contributed by atoms with E-state index < -0.39 is 0 Å². The van der Waals surface area contributed by atoms with Gasteiger partial charge in [-0.3, -0.25) is 0 Å². The lowest BCUT2D eigenvalue weighted by Crippen LogP contribution is -2.34. The smallest absolute Gasteiger partial charge is 0.163 e. The van der Waals surface area contributed by atoms with E-state index in [1.807, 2.05) is 42.5 Å². The van der Waals surface area contributed by atoms with Gasteiger partial charge in [0.1, 0.15) is 5.82 Å². The summed E-state index contributed by atoms with van der Waals surface area (Å²) in [6.45, 7) is 2.03. The van der Waals surface area contributed by atoms with Gasteiger partial charge in [0.15, 0.2) is 5.82 Å². The lowest BCUT2D eigenvalue weighted by Gasteiger charge is -2.17. The molecule has 1 aliphatic rings. The van der Waals surface area contributed by atoms with Crippen LogP contribution in [0.4, 0.5) is 5.82 Å². The van der Waals surface area contributed by atoms with Crippen molar-refractivity contribution < 1.29 is 0 Å². The summed E-state index contributed by atoms with van der Waals surface area (Å²) in [6.07, 6.45) is 3.83. The van der Waals surface area contributed by atoms with Crippen molar-refractivity contribution in [2.75, 3.05) is 25.0 Å². The van der Waals surface area contributed by atoms with Gasteiger partial charge >= 0.3 is 0 Å². The maximum Gasteiger partial charge on any atom is 0.163 e. The molecule has 0 radical (unpaired) electrons. The fourth-order valence-corrected chi connectivity index (χ4v) is 3.50. The molecule has 3 aromatic rings. The van der Waals surface area contributed by atoms with E-state index in [4.69, 9.17) is 33.9 Å². The Kier molecular flexibility index (Phi) is 5.74. The van der Waals surface area contributed by atoms with Gasteiger partial charge in [-0.25, -0.2) is 9.97 Å². The average Bonchev–Trinajstić information content (AvgIpc) is 2.72. The predicted octanol–water partition coefficient (Wildman–Crippen LogP) is 3.89. The second-order valence-corrected chi connectivity index (χ2v) is 7.41. The van der Waals surface area contributed by atoms with E-state index in [0.29, 0.717) is 35.5 Å². The van der Waals surface area contributed by atoms with E-state index in [0.717, 1.165) is 33.8 Å². The maximum absolute atomic E-state index is 6.37. The first-order chi connectivity index (χ1) is 14.1. The minimum absolute atomic E-state index is 0.517. The molecule has 0 amide bonds. The first-order valence-electron chi connectivity index (χ1n) is 9.20. The van der Waals surface area contributed by atoms with Crippen molar-refractivity contribution in [3.63, 3.8) is 0 Å². The summed E-state index contributed by atoms with van der Waals surface area (Å²) in [5.74, 6) is 2.26. The summed E-state index contributed by atoms with van der Waals surface area (Å²) in [4.78, 5) is 9.40. The van der Waals surface area contributed by atoms with Crippen LogP contribution >= 0.6 is 23.2 Å². The quantitative estimate of drug-likeness (QED) is 0.447. The van der Waals surface area contributed by atoms with Crippen molar-refractivity contribution in [3.8, 4) is 11.4 Å². The lowest BCUT2D eigenvalue weighted by molar-refractivity contribution is 0.704. The molecule has 1 aromatic heterocycles. The molecule has 8 heteroatoms. The highest BCUT2D eigenvalue weighted by molar-refractivity contribution is 6.36. The molecule has 2 aromatic carbocycles. The molecule has 1 aliphatic heterocycles. The van der Waals surface area contributed by atoms with Gasteiger partial charge in [0, 0.05) is 34.8 Å². The zero-order valence-corrected chi connectivity index (χ0v) is 17.1. The molecule has 0 bridgehead atoms. The van der Waals surface area contributed by atoms with Gasteiger partial charge in [-0.2, -0.15) is 0 Å². The number of rotatable bonds is 6. The van der Waals surface area contributed by atoms with Gasteiger partial charge in [0.2, 0.25) is 0 Å². The van der Waals surface area contributed by atoms with E-state index in [9.17, 15) is 0 Å². The summed E-state index contributed by atoms with van der Waals surface area (Å²) >= 11 is 12.4. The molecule has 29 heavy (non-hydrogen) atoms. The molecule has 0 saturated heterocycles. The highest BCUT2D eigenvalue weighted by Gasteiger charge is 2.12. The highest BCUT2D eigenvalue weighted by atomic mass is 35.5. The molecule has 6 nitrogen and oxygen atoms in total. The number of para-hydroxylation sites is 1. The molecular formula is C21H20Cl2N6. The topological polar surface area (TPSA) is 87.9 Å². The van der Waals surface area contributed by atoms with Crippen molar-refractivity contribution in [1.82, 2.24) is 20.6 Å². The Labute approximate surface area is 178 Å². The number of allylic oxidation sites excluding steroid dienone is 2. The van der Waals surface area contributed by atoms with Crippen LogP contribution in [0.3, 0.4) is 0 Å². The summed E-state index contributed by atoms with van der Waals surface area (Å²) in [7, 11) is 0. The summed E-state index contributed by atoms with van der Waals surface area (Å²) in [5, 5.41) is 12.0. The van der Waals surface area contributed by atoms with Crippen LogP contribution in [0.2, 0.25) is 10.0 Å². The number of nitrogens with two attached hydrogens (primary N) is 1. The van der Waals surface area contributed by atoms with Crippen LogP contribution in [0.25, 0.3) is 22.3 Å². The molecule has 0 atom stereocenters. The largest absolute Gasteiger partial charge is 0.401 e. The highest BCUT2D eigenvalue weighted by Crippen LogP contribution is 2.31. The standard InChI is InChI=1S/C21H20Cl2N6/c22-13-5-7-15(17(23)11-13)21-28-18-4-2-1-3-16(18)20(29-21)26-10-9-25-19-8-6-14(24)12-27-19/h1-8,11,25,27H,9-10,12,24H2,(H,26,28,29). The second kappa shape index (κ2) is 8.59. The van der Waals surface area contributed by atoms with Gasteiger partial charge in [-0.1, -0.05) is 35.3 Å². The zero-order valence-electron chi connectivity index (χ0n) is 15.5. The fraction of sp³-hybridized carbons (Fsp3) is 0.143. The van der Waals surface area contributed by atoms with Crippen LogP contribution in [0, 0.1) is 0 Å². The number of hydrogen-bond donors (Lipinski definition) is 4. The average molecular weight is 427 g/mol. The van der Waals surface area contributed by atoms with Crippen LogP contribution < -0.4 is 21.7 Å². The monoisotopic (exact) mass is 426 g/mol. The van der Waals surface area contributed by atoms with Crippen molar-refractivity contribution >= 4 is 39.9 Å². The van der Waals surface area contributed by atoms with Crippen LogP contribution in [-0.4, -0.2) is 29.6 Å². The third kappa shape index (κ3) is 4.55. The van der Waals surface area contributed by atoms with Gasteiger partial charge in [-0.05, 0) is 42.5 Å². The van der Waals surface area contributed by atoms with E-state index in [-0.39, 0.29) is 0 Å². The van der Waals surface area contributed by atoms with Gasteiger partial charge < -0.3 is 21.7 Å². The fourth-order valence-electron chi connectivity index (χ4n) is 3.01. The summed E-state index contributed by atoms with van der Waals surface area (Å²) in [5.41, 5.74) is 8.14. The van der Waals surface area contributed by atoms with E-state index in [2.05, 4.69) is 20.9 Å². The Hall–Kier alpha value is -2.96. The number of anilines is 1. The van der Waals surface area contributed by atoms with Crippen molar-refractivity contribution in [2.45, 2.75) is 0 Å². The SMILES string of the molecule is NC1=CC=C(NCCNc2nc(-c3ccc(Cl)cc3Cl)nc3ccccc23)NC1. The molecule has 0 fully saturated rings. The minimum atomic E-state index is 0.517. The molecule has 5 N–H and O–H groups in total. The molecular weight excluding hydrogens is 407 g/mol. The minimum Gasteiger partial charge on any atom is -0.401 e. The first kappa shape index (κ1) is 19.4. The molecule has 148 valence electrons. The molecule has 0 unspecified atom stereocenters. The lowest BCUT2D eigenvalue weighted by atomic mass is 10.2. The Balaban J connectivity index is 1.55. The second-order valence-electron chi connectivity index (χ2n) is 6.57. The number of halogens is 2. The number of nitrogens with zero attached hydrogens (tertiary/aromatic N) is 2. The Bertz CT molecular complexity index is 1110. The van der Waals surface area contributed by atoms with Crippen molar-refractivity contribution in [3.05, 3.63) is 76.2 Å². The first-order valence-corrected chi connectivity index (χ1v) is 9.96. The van der Waals surface area contributed by atoms with Gasteiger partial charge in [-0.15, -0.1) is 0 Å². The maximum atomic E-state index is 6.37. The number of dihydropyridines is 1. The van der Waals surface area contributed by atoms with Crippen molar-refractivity contribution in [1.29, 1.82) is 0 Å². The number of nitrogens with one attached hydrogen (secondary N) is 3. The number of fused-ring (bicyclic) bond motifs is 1. The Morgan fingerprint density at radius 3 is 2.62 bits per heavy atom. The summed E-state index contributed by atoms with van der Waals surface area (Å²) < 4.78 is 0. The third-order valence-corrected chi connectivity index (χ3v) is 5.00. The molecule has 4 rings (SSSR count). The van der Waals surface area contributed by atoms with E-state index in [1.54, 1.807) is 12.1 Å². The van der Waals surface area contributed by atoms with Crippen molar-refractivity contribution in [2.24, 2.45) is 5.73 Å². The number of hydrogen-bond acceptors (Lipinski definition) is 6. The Morgan fingerprint density at radius 1 is 1.00 bits per heavy atom. The molecule has 0 saturated carbocycles. The van der Waals surface area contributed by atoms with Crippen LogP contribution in [0.5, 0.6) is 0 Å². The zero-order chi connectivity index (χ0) is 20.2. The molecule has 0 spiro atoms. The van der Waals surface area contributed by atoms with Crippen LogP contribution in [0.1, 0.15) is 0 Å². The van der Waals surface area contributed by atoms with E-state index in [1.165, 1.54) is 0 Å². The van der Waals surface area contributed by atoms with Gasteiger partial charge in [0.25, 0.3) is 0 Å². The predicted molar refractivity (Wildman–Crippen MR) is 120 cm³/mol. The summed E-state index contributed by atoms with van der Waals surface area (Å²) in [6, 6.07) is 13.2. The number of benzene rings is 2. The van der Waals surface area contributed by atoms with Gasteiger partial charge in [0.05, 0.1) is 22.9 Å². The Morgan fingerprint density at radius 2 is 1.83 bits per heavy atom. The third-order valence-electron chi connectivity index (χ3n) is 4.46. The molecule has 2 heterocycles. The van der Waals surface area contributed by atoms with Crippen LogP contribution in [-0.2, 0) is 0 Å². The normalized spacial score (nSPS) is 13.4. The van der Waals surface area contributed by atoms with E-state index >= 15 is 0 Å². The molecule has 0 aliphatic carbocycles.